The largest absolute Gasteiger partial charge is 0.366 e. The topological polar surface area (TPSA) is 94.9 Å². The molecule has 2 N–H and O–H groups in total. The Kier molecular flexibility index (Phi) is 4.53. The Bertz CT molecular complexity index is 891. The molecule has 3 rings (SSSR count). The Morgan fingerprint density at radius 1 is 1.21 bits per heavy atom. The summed E-state index contributed by atoms with van der Waals surface area (Å²) in [4.78, 5) is 20.7. The summed E-state index contributed by atoms with van der Waals surface area (Å²) in [7, 11) is 0. The van der Waals surface area contributed by atoms with Gasteiger partial charge < -0.3 is 10.3 Å². The van der Waals surface area contributed by atoms with Gasteiger partial charge in [-0.25, -0.2) is 4.98 Å². The van der Waals surface area contributed by atoms with Gasteiger partial charge in [-0.3, -0.25) is 4.79 Å². The van der Waals surface area contributed by atoms with Crippen molar-refractivity contribution in [1.29, 1.82) is 0 Å². The molecular formula is C17H18N4O2S. The molecule has 1 atom stereocenters. The number of nitrogens with zero attached hydrogens (tertiary/aromatic N) is 3. The Hall–Kier alpha value is -2.41. The van der Waals surface area contributed by atoms with E-state index in [2.05, 4.69) is 15.1 Å². The van der Waals surface area contributed by atoms with E-state index in [1.165, 1.54) is 11.8 Å². The molecule has 0 bridgehead atoms. The number of para-hydroxylation sites is 1. The molecule has 0 fully saturated rings. The van der Waals surface area contributed by atoms with Gasteiger partial charge in [0, 0.05) is 11.3 Å². The van der Waals surface area contributed by atoms with Crippen LogP contribution in [0.25, 0.3) is 10.9 Å². The van der Waals surface area contributed by atoms with Crippen molar-refractivity contribution in [2.75, 3.05) is 0 Å². The minimum atomic E-state index is -0.469. The number of hydrogen-bond donors (Lipinski definition) is 1. The minimum Gasteiger partial charge on any atom is -0.366 e. The highest BCUT2D eigenvalue weighted by Crippen LogP contribution is 2.35. The molecule has 2 aromatic heterocycles. The fourth-order valence-corrected chi connectivity index (χ4v) is 3.19. The van der Waals surface area contributed by atoms with E-state index in [9.17, 15) is 4.79 Å². The molecule has 0 saturated carbocycles. The first-order chi connectivity index (χ1) is 11.5. The molecule has 0 radical (unpaired) electrons. The molecule has 0 aliphatic heterocycles. The number of carbonyl (C=O) groups is 1. The van der Waals surface area contributed by atoms with Crippen molar-refractivity contribution >= 4 is 28.6 Å². The normalized spacial score (nSPS) is 12.7. The van der Waals surface area contributed by atoms with Gasteiger partial charge in [-0.15, -0.1) is 0 Å². The van der Waals surface area contributed by atoms with Crippen LogP contribution in [-0.2, 0) is 0 Å². The molecule has 6 nitrogen and oxygen atoms in total. The second-order valence-corrected chi connectivity index (χ2v) is 7.16. The summed E-state index contributed by atoms with van der Waals surface area (Å²) in [6, 6.07) is 9.15. The maximum atomic E-state index is 11.7. The zero-order valence-electron chi connectivity index (χ0n) is 13.7. The van der Waals surface area contributed by atoms with Gasteiger partial charge in [-0.1, -0.05) is 49.0 Å². The van der Waals surface area contributed by atoms with Crippen LogP contribution in [0.4, 0.5) is 0 Å². The van der Waals surface area contributed by atoms with Gasteiger partial charge in [0.25, 0.3) is 0 Å². The lowest BCUT2D eigenvalue weighted by Crippen LogP contribution is -2.12. The molecular weight excluding hydrogens is 324 g/mol. The number of aromatic nitrogens is 3. The van der Waals surface area contributed by atoms with Crippen LogP contribution in [0.3, 0.4) is 0 Å². The molecule has 0 aliphatic carbocycles. The molecule has 7 heteroatoms. The lowest BCUT2D eigenvalue weighted by molar-refractivity contribution is 0.100. The molecule has 0 spiro atoms. The quantitative estimate of drug-likeness (QED) is 0.710. The molecule has 1 aromatic carbocycles. The van der Waals surface area contributed by atoms with Crippen molar-refractivity contribution < 1.29 is 9.32 Å². The SMILES string of the molecule is CC(C)c1noc([C@H](C)Sc2cc(C(N)=O)c3ccccc3n2)n1. The maximum Gasteiger partial charge on any atom is 0.249 e. The number of thioether (sulfide) groups is 1. The molecule has 24 heavy (non-hydrogen) atoms. The van der Waals surface area contributed by atoms with Crippen molar-refractivity contribution in [3.63, 3.8) is 0 Å². The highest BCUT2D eigenvalue weighted by atomic mass is 32.2. The third-order valence-electron chi connectivity index (χ3n) is 3.58. The molecule has 2 heterocycles. The van der Waals surface area contributed by atoms with Crippen molar-refractivity contribution in [3.05, 3.63) is 47.6 Å². The predicted octanol–water partition coefficient (Wildman–Crippen LogP) is 3.69. The van der Waals surface area contributed by atoms with Gasteiger partial charge in [-0.2, -0.15) is 4.98 Å². The summed E-state index contributed by atoms with van der Waals surface area (Å²) in [6.07, 6.45) is 0. The monoisotopic (exact) mass is 342 g/mol. The van der Waals surface area contributed by atoms with Gasteiger partial charge >= 0.3 is 0 Å². The zero-order valence-corrected chi connectivity index (χ0v) is 14.5. The highest BCUT2D eigenvalue weighted by molar-refractivity contribution is 7.99. The van der Waals surface area contributed by atoms with E-state index in [-0.39, 0.29) is 11.2 Å². The Labute approximate surface area is 143 Å². The number of primary amides is 1. The molecule has 3 aromatic rings. The van der Waals surface area contributed by atoms with E-state index in [0.717, 1.165) is 10.9 Å². The summed E-state index contributed by atoms with van der Waals surface area (Å²) in [5, 5.41) is 5.34. The van der Waals surface area contributed by atoms with Crippen LogP contribution in [-0.4, -0.2) is 21.0 Å². The van der Waals surface area contributed by atoms with Crippen LogP contribution in [0.5, 0.6) is 0 Å². The van der Waals surface area contributed by atoms with Crippen LogP contribution in [0.1, 0.15) is 54.0 Å². The minimum absolute atomic E-state index is 0.0839. The number of pyridine rings is 1. The molecule has 0 unspecified atom stereocenters. The molecule has 124 valence electrons. The molecule has 1 amide bonds. The van der Waals surface area contributed by atoms with Gasteiger partial charge in [-0.05, 0) is 19.1 Å². The van der Waals surface area contributed by atoms with Crippen molar-refractivity contribution in [1.82, 2.24) is 15.1 Å². The average molecular weight is 342 g/mol. The first kappa shape index (κ1) is 16.4. The van der Waals surface area contributed by atoms with E-state index in [0.29, 0.717) is 22.3 Å². The van der Waals surface area contributed by atoms with Crippen LogP contribution in [0.2, 0.25) is 0 Å². The summed E-state index contributed by atoms with van der Waals surface area (Å²) in [5.41, 5.74) is 6.71. The van der Waals surface area contributed by atoms with Gasteiger partial charge in [0.15, 0.2) is 5.82 Å². The third kappa shape index (κ3) is 3.26. The smallest absolute Gasteiger partial charge is 0.249 e. The van der Waals surface area contributed by atoms with Crippen molar-refractivity contribution in [2.24, 2.45) is 5.73 Å². The predicted molar refractivity (Wildman–Crippen MR) is 92.9 cm³/mol. The lowest BCUT2D eigenvalue weighted by Gasteiger charge is -2.09. The Balaban J connectivity index is 1.92. The zero-order chi connectivity index (χ0) is 17.3. The van der Waals surface area contributed by atoms with E-state index in [1.54, 1.807) is 6.07 Å². The van der Waals surface area contributed by atoms with Crippen molar-refractivity contribution in [3.8, 4) is 0 Å². The van der Waals surface area contributed by atoms with E-state index >= 15 is 0 Å². The standard InChI is InChI=1S/C17H18N4O2S/c1-9(2)16-20-17(23-21-16)10(3)24-14-8-12(15(18)22)11-6-4-5-7-13(11)19-14/h4-10H,1-3H3,(H2,18,22)/t10-/m0/s1. The van der Waals surface area contributed by atoms with E-state index in [4.69, 9.17) is 10.3 Å². The van der Waals surface area contributed by atoms with Crippen LogP contribution < -0.4 is 5.73 Å². The first-order valence-corrected chi connectivity index (χ1v) is 8.53. The average Bonchev–Trinajstić information content (AvgIpc) is 3.04. The second kappa shape index (κ2) is 6.60. The first-order valence-electron chi connectivity index (χ1n) is 7.65. The number of benzene rings is 1. The summed E-state index contributed by atoms with van der Waals surface area (Å²) < 4.78 is 5.32. The Morgan fingerprint density at radius 2 is 1.96 bits per heavy atom. The third-order valence-corrected chi connectivity index (χ3v) is 4.58. The van der Waals surface area contributed by atoms with E-state index < -0.39 is 5.91 Å². The second-order valence-electron chi connectivity index (χ2n) is 5.80. The maximum absolute atomic E-state index is 11.7. The molecule has 0 aliphatic rings. The number of carbonyl (C=O) groups excluding carboxylic acids is 1. The number of rotatable bonds is 5. The van der Waals surface area contributed by atoms with E-state index in [1.807, 2.05) is 45.0 Å². The highest BCUT2D eigenvalue weighted by Gasteiger charge is 2.19. The summed E-state index contributed by atoms with van der Waals surface area (Å²) >= 11 is 1.45. The fraction of sp³-hybridized carbons (Fsp3) is 0.294. The molecule has 0 saturated heterocycles. The fourth-order valence-electron chi connectivity index (χ4n) is 2.29. The van der Waals surface area contributed by atoms with Gasteiger partial charge in [0.1, 0.15) is 0 Å². The Morgan fingerprint density at radius 3 is 2.62 bits per heavy atom. The van der Waals surface area contributed by atoms with Gasteiger partial charge in [0.05, 0.1) is 21.4 Å². The van der Waals surface area contributed by atoms with Crippen molar-refractivity contribution in [2.45, 2.75) is 37.0 Å². The lowest BCUT2D eigenvalue weighted by atomic mass is 10.1. The number of amides is 1. The van der Waals surface area contributed by atoms with Crippen LogP contribution in [0, 0.1) is 0 Å². The number of nitrogens with two attached hydrogens (primary N) is 1. The van der Waals surface area contributed by atoms with Crippen LogP contribution >= 0.6 is 11.8 Å². The number of fused-ring (bicyclic) bond motifs is 1. The summed E-state index contributed by atoms with van der Waals surface area (Å²) in [6.45, 7) is 5.98. The van der Waals surface area contributed by atoms with Gasteiger partial charge in [0.2, 0.25) is 11.8 Å². The van der Waals surface area contributed by atoms with Crippen LogP contribution in [0.15, 0.2) is 39.9 Å². The number of hydrogen-bond acceptors (Lipinski definition) is 6. The summed E-state index contributed by atoms with van der Waals surface area (Å²) in [5.74, 6) is 0.962.